The zero-order valence-corrected chi connectivity index (χ0v) is 26.9. The molecule has 0 unspecified atom stereocenters. The molecule has 236 valence electrons. The summed E-state index contributed by atoms with van der Waals surface area (Å²) in [5.74, 6) is -1.87. The predicted octanol–water partition coefficient (Wildman–Crippen LogP) is 4.56. The second-order valence-electron chi connectivity index (χ2n) is 12.7. The number of benzene rings is 1. The van der Waals surface area contributed by atoms with E-state index in [1.807, 2.05) is 13.8 Å². The van der Waals surface area contributed by atoms with Gasteiger partial charge >= 0.3 is 5.97 Å². The first kappa shape index (κ1) is 37.1. The van der Waals surface area contributed by atoms with Crippen molar-refractivity contribution in [2.75, 3.05) is 17.6 Å². The van der Waals surface area contributed by atoms with Gasteiger partial charge in [0.05, 0.1) is 36.3 Å². The van der Waals surface area contributed by atoms with Gasteiger partial charge in [0.25, 0.3) is 0 Å². The average Bonchev–Trinajstić information content (AvgIpc) is 2.79. The van der Waals surface area contributed by atoms with Crippen LogP contribution < -0.4 is 10.0 Å². The first-order valence-corrected chi connectivity index (χ1v) is 15.5. The number of sulfonamides is 1. The van der Waals surface area contributed by atoms with Gasteiger partial charge in [0, 0.05) is 30.1 Å². The molecular formula is C30H47FN4O6S. The number of aliphatic carboxylic acids is 1. The van der Waals surface area contributed by atoms with E-state index in [9.17, 15) is 27.8 Å². The number of carboxylic acid groups (broad SMARTS) is 1. The fraction of sp³-hybridized carbons (Fsp3) is 0.567. The maximum atomic E-state index is 13.5. The lowest BCUT2D eigenvalue weighted by Gasteiger charge is -2.28. The van der Waals surface area contributed by atoms with E-state index in [1.165, 1.54) is 43.5 Å². The predicted molar refractivity (Wildman–Crippen MR) is 165 cm³/mol. The Hall–Kier alpha value is -2.93. The highest BCUT2D eigenvalue weighted by molar-refractivity contribution is 7.92. The Morgan fingerprint density at radius 1 is 1.10 bits per heavy atom. The van der Waals surface area contributed by atoms with Gasteiger partial charge in [0.15, 0.2) is 0 Å². The van der Waals surface area contributed by atoms with Crippen molar-refractivity contribution >= 4 is 28.0 Å². The minimum atomic E-state index is -3.65. The maximum Gasteiger partial charge on any atom is 0.305 e. The number of carboxylic acids is 1. The number of rotatable bonds is 11. The van der Waals surface area contributed by atoms with Crippen LogP contribution in [0, 0.1) is 11.2 Å². The fourth-order valence-corrected chi connectivity index (χ4v) is 4.79. The summed E-state index contributed by atoms with van der Waals surface area (Å²) in [5, 5.41) is 28.8. The molecule has 2 atom stereocenters. The van der Waals surface area contributed by atoms with E-state index in [0.717, 1.165) is 17.0 Å². The third kappa shape index (κ3) is 13.4. The van der Waals surface area contributed by atoms with Crippen molar-refractivity contribution in [1.82, 2.24) is 9.97 Å². The topological polar surface area (TPSA) is 167 Å². The monoisotopic (exact) mass is 610 g/mol. The molecule has 0 fully saturated rings. The number of anilines is 1. The van der Waals surface area contributed by atoms with Crippen molar-refractivity contribution in [3.8, 4) is 11.3 Å². The summed E-state index contributed by atoms with van der Waals surface area (Å²) in [4.78, 5) is 19.6. The molecule has 0 aliphatic carbocycles. The van der Waals surface area contributed by atoms with E-state index in [0.29, 0.717) is 27.9 Å². The van der Waals surface area contributed by atoms with Crippen molar-refractivity contribution in [1.29, 1.82) is 0 Å². The smallest absolute Gasteiger partial charge is 0.305 e. The molecule has 0 aliphatic rings. The first-order valence-electron chi connectivity index (χ1n) is 13.7. The Morgan fingerprint density at radius 3 is 2.05 bits per heavy atom. The van der Waals surface area contributed by atoms with Crippen LogP contribution in [0.5, 0.6) is 0 Å². The van der Waals surface area contributed by atoms with Crippen LogP contribution in [0.1, 0.15) is 84.9 Å². The largest absolute Gasteiger partial charge is 0.481 e. The van der Waals surface area contributed by atoms with Gasteiger partial charge in [-0.05, 0) is 55.9 Å². The number of halogens is 1. The summed E-state index contributed by atoms with van der Waals surface area (Å²) in [6, 6.07) is 5.49. The quantitative estimate of drug-likeness (QED) is 0.285. The van der Waals surface area contributed by atoms with E-state index in [-0.39, 0.29) is 23.8 Å². The standard InChI is InChI=1S/C22H28FN3O6S.C8H19N/c1-13(2)20-18(10-9-16(27)11-17(28)12-19(29)30)21(14-5-7-15(23)8-6-14)25-22(24-20)26(3)33(4,31)32;1-7(2,3)6-8(4,5)9/h5-10,13,16-17,27-28H,11-12H2,1-4H3,(H,29,30);6,9H2,1-5H3/b10-9+;/t16-,17-;/m1./s1. The van der Waals surface area contributed by atoms with E-state index in [4.69, 9.17) is 10.8 Å². The van der Waals surface area contributed by atoms with Crippen LogP contribution >= 0.6 is 0 Å². The SMILES string of the molecule is CC(C)(C)CC(C)(C)N.CC(C)c1nc(N(C)S(C)(=O)=O)nc(-c2ccc(F)cc2)c1/C=C/[C@@H](O)C[C@@H](O)CC(=O)O. The van der Waals surface area contributed by atoms with Crippen LogP contribution in [-0.4, -0.2) is 70.7 Å². The third-order valence-electron chi connectivity index (χ3n) is 5.80. The van der Waals surface area contributed by atoms with Gasteiger partial charge in [0.2, 0.25) is 16.0 Å². The molecule has 2 rings (SSSR count). The molecule has 1 aromatic carbocycles. The molecule has 0 saturated heterocycles. The van der Waals surface area contributed by atoms with Crippen molar-refractivity contribution < 1.29 is 32.9 Å². The Morgan fingerprint density at radius 2 is 1.64 bits per heavy atom. The van der Waals surface area contributed by atoms with E-state index >= 15 is 0 Å². The minimum Gasteiger partial charge on any atom is -0.481 e. The lowest BCUT2D eigenvalue weighted by molar-refractivity contribution is -0.139. The van der Waals surface area contributed by atoms with Gasteiger partial charge < -0.3 is 21.1 Å². The third-order valence-corrected chi connectivity index (χ3v) is 6.96. The number of aliphatic hydroxyl groups excluding tert-OH is 2. The molecule has 42 heavy (non-hydrogen) atoms. The highest BCUT2D eigenvalue weighted by Gasteiger charge is 2.23. The summed E-state index contributed by atoms with van der Waals surface area (Å²) in [6.07, 6.45) is 1.93. The van der Waals surface area contributed by atoms with Crippen molar-refractivity contribution in [3.05, 3.63) is 47.4 Å². The van der Waals surface area contributed by atoms with Gasteiger partial charge in [-0.1, -0.05) is 46.8 Å². The Kier molecular flexibility index (Phi) is 13.2. The summed E-state index contributed by atoms with van der Waals surface area (Å²) < 4.78 is 38.6. The molecule has 1 heterocycles. The fourth-order valence-electron chi connectivity index (χ4n) is 4.41. The Labute approximate surface area is 249 Å². The van der Waals surface area contributed by atoms with Crippen LogP contribution in [0.4, 0.5) is 10.3 Å². The number of hydrogen-bond acceptors (Lipinski definition) is 8. The van der Waals surface area contributed by atoms with Crippen molar-refractivity contribution in [2.45, 2.75) is 91.4 Å². The number of aliphatic hydroxyl groups is 2. The Balaban J connectivity index is 0.000000844. The average molecular weight is 611 g/mol. The van der Waals surface area contributed by atoms with Gasteiger partial charge in [-0.2, -0.15) is 0 Å². The van der Waals surface area contributed by atoms with Crippen LogP contribution in [0.15, 0.2) is 30.3 Å². The number of nitrogens with zero attached hydrogens (tertiary/aromatic N) is 3. The number of nitrogens with two attached hydrogens (primary N) is 1. The van der Waals surface area contributed by atoms with Crippen LogP contribution in [0.25, 0.3) is 17.3 Å². The zero-order chi connectivity index (χ0) is 32.6. The molecule has 0 radical (unpaired) electrons. The molecule has 10 nitrogen and oxygen atoms in total. The second-order valence-corrected chi connectivity index (χ2v) is 14.7. The summed E-state index contributed by atoms with van der Waals surface area (Å²) >= 11 is 0. The molecule has 0 saturated carbocycles. The Bertz CT molecular complexity index is 1310. The van der Waals surface area contributed by atoms with E-state index in [2.05, 4.69) is 44.6 Å². The molecule has 0 aliphatic heterocycles. The number of aromatic nitrogens is 2. The van der Waals surface area contributed by atoms with Gasteiger partial charge in [-0.25, -0.2) is 27.1 Å². The lowest BCUT2D eigenvalue weighted by Crippen LogP contribution is -2.36. The molecule has 0 spiro atoms. The molecule has 0 amide bonds. The van der Waals surface area contributed by atoms with Gasteiger partial charge in [0.1, 0.15) is 5.82 Å². The summed E-state index contributed by atoms with van der Waals surface area (Å²) in [5.41, 5.74) is 7.97. The van der Waals surface area contributed by atoms with Gasteiger partial charge in [-0.3, -0.25) is 4.79 Å². The van der Waals surface area contributed by atoms with E-state index in [1.54, 1.807) is 0 Å². The summed E-state index contributed by atoms with van der Waals surface area (Å²) in [6.45, 7) is 14.5. The lowest BCUT2D eigenvalue weighted by atomic mass is 9.82. The van der Waals surface area contributed by atoms with Crippen LogP contribution in [0.3, 0.4) is 0 Å². The molecule has 12 heteroatoms. The molecule has 2 aromatic rings. The normalized spacial score (nSPS) is 14.0. The number of carbonyl (C=O) groups is 1. The molecule has 1 aromatic heterocycles. The molecule has 0 bridgehead atoms. The summed E-state index contributed by atoms with van der Waals surface area (Å²) in [7, 11) is -2.33. The van der Waals surface area contributed by atoms with Crippen LogP contribution in [-0.2, 0) is 14.8 Å². The maximum absolute atomic E-state index is 13.5. The van der Waals surface area contributed by atoms with Gasteiger partial charge in [-0.15, -0.1) is 0 Å². The molecule has 5 N–H and O–H groups in total. The zero-order valence-electron chi connectivity index (χ0n) is 26.1. The molecular weight excluding hydrogens is 563 g/mol. The second kappa shape index (κ2) is 15.0. The first-order chi connectivity index (χ1) is 19.0. The highest BCUT2D eigenvalue weighted by Crippen LogP contribution is 2.32. The highest BCUT2D eigenvalue weighted by atomic mass is 32.2. The number of hydrogen-bond donors (Lipinski definition) is 4. The van der Waals surface area contributed by atoms with Crippen molar-refractivity contribution in [2.24, 2.45) is 11.1 Å². The van der Waals surface area contributed by atoms with E-state index < -0.39 is 40.4 Å². The van der Waals surface area contributed by atoms with Crippen molar-refractivity contribution in [3.63, 3.8) is 0 Å². The minimum absolute atomic E-state index is 0.0156. The van der Waals surface area contributed by atoms with Crippen LogP contribution in [0.2, 0.25) is 0 Å².